The van der Waals surface area contributed by atoms with Crippen LogP contribution in [0.2, 0.25) is 0 Å². The van der Waals surface area contributed by atoms with Gasteiger partial charge in [0.25, 0.3) is 0 Å². The second-order valence-corrected chi connectivity index (χ2v) is 2.86. The Hall–Kier alpha value is -0.710. The smallest absolute Gasteiger partial charge is 0.320 e. The van der Waals surface area contributed by atoms with Gasteiger partial charge >= 0.3 is 5.97 Å². The molecule has 1 aliphatic rings. The number of aliphatic carboxylic acids is 1. The Morgan fingerprint density at radius 2 is 2.33 bits per heavy atom. The van der Waals surface area contributed by atoms with E-state index >= 15 is 0 Å². The van der Waals surface area contributed by atoms with E-state index in [-0.39, 0.29) is 13.0 Å². The van der Waals surface area contributed by atoms with Crippen molar-refractivity contribution in [3.05, 3.63) is 0 Å². The molecule has 0 saturated carbocycles. The summed E-state index contributed by atoms with van der Waals surface area (Å²) < 4.78 is 23.4. The van der Waals surface area contributed by atoms with Crippen LogP contribution in [0.4, 0.5) is 8.78 Å². The van der Waals surface area contributed by atoms with Crippen molar-refractivity contribution in [3.8, 4) is 0 Å². The number of carboxylic acid groups (broad SMARTS) is 1. The fourth-order valence-electron chi connectivity index (χ4n) is 1.25. The predicted molar refractivity (Wildman–Crippen MR) is 38.2 cm³/mol. The zero-order chi connectivity index (χ0) is 9.14. The summed E-state index contributed by atoms with van der Waals surface area (Å²) in [7, 11) is 0. The maximum Gasteiger partial charge on any atom is 0.320 e. The number of rotatable bonds is 4. The van der Waals surface area contributed by atoms with Gasteiger partial charge in [0, 0.05) is 19.5 Å². The molecule has 1 fully saturated rings. The second kappa shape index (κ2) is 3.80. The molecule has 3 nitrogen and oxygen atoms in total. The number of halogens is 2. The molecule has 5 heteroatoms. The van der Waals surface area contributed by atoms with Gasteiger partial charge in [-0.2, -0.15) is 0 Å². The summed E-state index contributed by atoms with van der Waals surface area (Å²) >= 11 is 0. The maximum atomic E-state index is 11.7. The van der Waals surface area contributed by atoms with Crippen LogP contribution in [0, 0.1) is 0 Å². The van der Waals surface area contributed by atoms with Gasteiger partial charge in [-0.05, 0) is 6.42 Å². The molecule has 1 heterocycles. The Morgan fingerprint density at radius 1 is 1.67 bits per heavy atom. The number of nitrogens with zero attached hydrogens (tertiary/aromatic N) is 1. The van der Waals surface area contributed by atoms with Crippen LogP contribution in [0.1, 0.15) is 12.8 Å². The van der Waals surface area contributed by atoms with Crippen LogP contribution >= 0.6 is 0 Å². The molecule has 0 amide bonds. The molecule has 1 atom stereocenters. The van der Waals surface area contributed by atoms with Crippen LogP contribution < -0.4 is 0 Å². The van der Waals surface area contributed by atoms with Gasteiger partial charge in [0.05, 0.1) is 0 Å². The fourth-order valence-corrected chi connectivity index (χ4v) is 1.25. The molecular weight excluding hydrogens is 168 g/mol. The summed E-state index contributed by atoms with van der Waals surface area (Å²) in [5.74, 6) is -0.907. The minimum absolute atomic E-state index is 0.189. The van der Waals surface area contributed by atoms with E-state index in [4.69, 9.17) is 5.11 Å². The second-order valence-electron chi connectivity index (χ2n) is 2.86. The molecule has 70 valence electrons. The summed E-state index contributed by atoms with van der Waals surface area (Å²) in [6, 6.07) is -0.524. The van der Waals surface area contributed by atoms with Gasteiger partial charge in [0.2, 0.25) is 6.43 Å². The molecule has 0 aromatic carbocycles. The number of hydrogen-bond acceptors (Lipinski definition) is 2. The summed E-state index contributed by atoms with van der Waals surface area (Å²) in [6.45, 7) is 0.818. The predicted octanol–water partition coefficient (Wildman–Crippen LogP) is 0.800. The van der Waals surface area contributed by atoms with Gasteiger partial charge in [-0.15, -0.1) is 0 Å². The van der Waals surface area contributed by atoms with E-state index in [1.165, 1.54) is 0 Å². The largest absolute Gasteiger partial charge is 0.480 e. The van der Waals surface area contributed by atoms with Crippen molar-refractivity contribution in [2.24, 2.45) is 0 Å². The lowest BCUT2D eigenvalue weighted by molar-refractivity contribution is -0.148. The van der Waals surface area contributed by atoms with E-state index in [0.29, 0.717) is 13.0 Å². The van der Waals surface area contributed by atoms with E-state index < -0.39 is 18.4 Å². The average Bonchev–Trinajstić information content (AvgIpc) is 1.82. The summed E-state index contributed by atoms with van der Waals surface area (Å²) in [5, 5.41) is 8.54. The van der Waals surface area contributed by atoms with Gasteiger partial charge < -0.3 is 5.11 Å². The Morgan fingerprint density at radius 3 is 2.67 bits per heavy atom. The van der Waals surface area contributed by atoms with E-state index in [0.717, 1.165) is 0 Å². The van der Waals surface area contributed by atoms with Gasteiger partial charge in [-0.25, -0.2) is 8.78 Å². The van der Waals surface area contributed by atoms with Crippen molar-refractivity contribution in [3.63, 3.8) is 0 Å². The van der Waals surface area contributed by atoms with Crippen molar-refractivity contribution < 1.29 is 18.7 Å². The molecule has 1 aliphatic heterocycles. The third-order valence-electron chi connectivity index (χ3n) is 2.05. The lowest BCUT2D eigenvalue weighted by Gasteiger charge is -2.37. The zero-order valence-corrected chi connectivity index (χ0v) is 6.54. The van der Waals surface area contributed by atoms with E-state index in [1.54, 1.807) is 4.90 Å². The molecule has 0 aromatic heterocycles. The van der Waals surface area contributed by atoms with Crippen LogP contribution in [0.25, 0.3) is 0 Å². The van der Waals surface area contributed by atoms with Crippen LogP contribution in [0.5, 0.6) is 0 Å². The first-order chi connectivity index (χ1) is 5.61. The van der Waals surface area contributed by atoms with Crippen LogP contribution in [0.15, 0.2) is 0 Å². The van der Waals surface area contributed by atoms with E-state index in [9.17, 15) is 13.6 Å². The first-order valence-corrected chi connectivity index (χ1v) is 3.86. The third-order valence-corrected chi connectivity index (χ3v) is 2.05. The van der Waals surface area contributed by atoms with Crippen molar-refractivity contribution in [1.82, 2.24) is 4.90 Å². The fraction of sp³-hybridized carbons (Fsp3) is 0.857. The van der Waals surface area contributed by atoms with Crippen molar-refractivity contribution >= 4 is 5.97 Å². The van der Waals surface area contributed by atoms with Gasteiger partial charge in [0.1, 0.15) is 6.04 Å². The minimum Gasteiger partial charge on any atom is -0.480 e. The van der Waals surface area contributed by atoms with Crippen molar-refractivity contribution in [2.75, 3.05) is 13.1 Å². The number of carbonyl (C=O) groups is 1. The zero-order valence-electron chi connectivity index (χ0n) is 6.54. The van der Waals surface area contributed by atoms with Crippen LogP contribution in [-0.4, -0.2) is 41.5 Å². The number of carboxylic acids is 1. The quantitative estimate of drug-likeness (QED) is 0.694. The SMILES string of the molecule is O=C(O)C1CCN1CCC(F)F. The molecule has 1 rings (SSSR count). The average molecular weight is 179 g/mol. The normalized spacial score (nSPS) is 24.1. The Balaban J connectivity index is 2.21. The molecule has 1 saturated heterocycles. The lowest BCUT2D eigenvalue weighted by atomic mass is 10.0. The number of likely N-dealkylation sites (tertiary alicyclic amines) is 1. The molecule has 0 bridgehead atoms. The molecule has 0 radical (unpaired) electrons. The Bertz CT molecular complexity index is 175. The highest BCUT2D eigenvalue weighted by Crippen LogP contribution is 2.18. The van der Waals surface area contributed by atoms with Crippen LogP contribution in [0.3, 0.4) is 0 Å². The highest BCUT2D eigenvalue weighted by atomic mass is 19.3. The van der Waals surface area contributed by atoms with Crippen LogP contribution in [-0.2, 0) is 4.79 Å². The van der Waals surface area contributed by atoms with E-state index in [2.05, 4.69) is 0 Å². The third kappa shape index (κ3) is 2.14. The van der Waals surface area contributed by atoms with E-state index in [1.807, 2.05) is 0 Å². The molecule has 0 spiro atoms. The van der Waals surface area contributed by atoms with Gasteiger partial charge in [0.15, 0.2) is 0 Å². The molecule has 0 aliphatic carbocycles. The summed E-state index contributed by atoms with van der Waals surface area (Å²) in [5.41, 5.74) is 0. The number of hydrogen-bond donors (Lipinski definition) is 1. The highest BCUT2D eigenvalue weighted by Gasteiger charge is 2.33. The summed E-state index contributed by atoms with van der Waals surface area (Å²) in [4.78, 5) is 12.0. The Kier molecular flexibility index (Phi) is 2.97. The minimum atomic E-state index is -2.33. The molecule has 0 aromatic rings. The Labute approximate surface area is 69.0 Å². The maximum absolute atomic E-state index is 11.7. The van der Waals surface area contributed by atoms with Crippen molar-refractivity contribution in [2.45, 2.75) is 25.3 Å². The highest BCUT2D eigenvalue weighted by molar-refractivity contribution is 5.74. The molecule has 12 heavy (non-hydrogen) atoms. The lowest BCUT2D eigenvalue weighted by Crippen LogP contribution is -2.52. The molecule has 1 unspecified atom stereocenters. The standard InChI is InChI=1S/C7H11F2NO2/c8-6(9)2-4-10-3-1-5(10)7(11)12/h5-6H,1-4H2,(H,11,12). The topological polar surface area (TPSA) is 40.5 Å². The summed E-state index contributed by atoms with van der Waals surface area (Å²) in [6.07, 6.45) is -1.98. The van der Waals surface area contributed by atoms with Gasteiger partial charge in [-0.1, -0.05) is 0 Å². The number of alkyl halides is 2. The van der Waals surface area contributed by atoms with Gasteiger partial charge in [-0.3, -0.25) is 9.69 Å². The monoisotopic (exact) mass is 179 g/mol. The molecular formula is C7H11F2NO2. The molecule has 1 N–H and O–H groups in total. The first-order valence-electron chi connectivity index (χ1n) is 3.86. The first kappa shape index (κ1) is 9.38. The van der Waals surface area contributed by atoms with Crippen molar-refractivity contribution in [1.29, 1.82) is 0 Å².